The number of rotatable bonds is 5. The lowest BCUT2D eigenvalue weighted by molar-refractivity contribution is 0.528. The summed E-state index contributed by atoms with van der Waals surface area (Å²) in [5.74, 6) is 0.230. The molecular formula is C14H21N3O2. The Kier molecular flexibility index (Phi) is 3.83. The molecule has 104 valence electrons. The van der Waals surface area contributed by atoms with Crippen molar-refractivity contribution in [3.8, 4) is 0 Å². The van der Waals surface area contributed by atoms with Gasteiger partial charge in [-0.3, -0.25) is 4.98 Å². The molecule has 0 aliphatic rings. The second-order valence-electron chi connectivity index (χ2n) is 5.47. The summed E-state index contributed by atoms with van der Waals surface area (Å²) in [6, 6.07) is 3.83. The average molecular weight is 263 g/mol. The van der Waals surface area contributed by atoms with Crippen LogP contribution < -0.4 is 16.8 Å². The summed E-state index contributed by atoms with van der Waals surface area (Å²) in [6.07, 6.45) is 2.25. The van der Waals surface area contributed by atoms with Gasteiger partial charge >= 0.3 is 5.76 Å². The number of oxazole rings is 1. The molecule has 1 aromatic heterocycles. The van der Waals surface area contributed by atoms with E-state index < -0.39 is 5.76 Å². The number of aromatic nitrogens is 1. The van der Waals surface area contributed by atoms with Crippen LogP contribution in [0.4, 0.5) is 11.4 Å². The molecule has 0 fully saturated rings. The van der Waals surface area contributed by atoms with E-state index in [4.69, 9.17) is 10.2 Å². The van der Waals surface area contributed by atoms with Gasteiger partial charge in [-0.1, -0.05) is 13.8 Å². The van der Waals surface area contributed by atoms with Gasteiger partial charge in [-0.15, -0.1) is 0 Å². The lowest BCUT2D eigenvalue weighted by Crippen LogP contribution is -2.16. The van der Waals surface area contributed by atoms with Crippen LogP contribution in [0, 0.1) is 5.92 Å². The molecular weight excluding hydrogens is 242 g/mol. The normalized spacial score (nSPS) is 13.1. The van der Waals surface area contributed by atoms with Crippen LogP contribution in [0.15, 0.2) is 21.3 Å². The number of hydrogen-bond donors (Lipinski definition) is 3. The van der Waals surface area contributed by atoms with Crippen molar-refractivity contribution in [2.24, 2.45) is 5.92 Å². The first kappa shape index (κ1) is 13.5. The number of aromatic amines is 1. The summed E-state index contributed by atoms with van der Waals surface area (Å²) in [5, 5.41) is 3.38. The van der Waals surface area contributed by atoms with Crippen LogP contribution in [0.3, 0.4) is 0 Å². The Balaban J connectivity index is 2.15. The van der Waals surface area contributed by atoms with Crippen LogP contribution in [-0.2, 0) is 0 Å². The van der Waals surface area contributed by atoms with Gasteiger partial charge in [0, 0.05) is 12.1 Å². The molecule has 19 heavy (non-hydrogen) atoms. The number of benzene rings is 1. The van der Waals surface area contributed by atoms with Gasteiger partial charge in [-0.25, -0.2) is 4.79 Å². The van der Waals surface area contributed by atoms with E-state index in [1.54, 1.807) is 6.07 Å². The van der Waals surface area contributed by atoms with E-state index in [0.717, 1.165) is 12.1 Å². The topological polar surface area (TPSA) is 84.0 Å². The lowest BCUT2D eigenvalue weighted by atomic mass is 10.0. The fourth-order valence-electron chi connectivity index (χ4n) is 2.06. The molecule has 2 aromatic rings. The van der Waals surface area contributed by atoms with Gasteiger partial charge in [-0.05, 0) is 31.7 Å². The third-order valence-electron chi connectivity index (χ3n) is 3.17. The Morgan fingerprint density at radius 3 is 2.74 bits per heavy atom. The first-order chi connectivity index (χ1) is 8.95. The minimum atomic E-state index is -0.459. The largest absolute Gasteiger partial charge is 0.417 e. The standard InChI is InChI=1S/C14H21N3O2/c1-8(2)4-5-9(3)16-11-7-12-13(6-10(11)15)19-14(18)17-12/h6-9,16H,4-5,15H2,1-3H3,(H,17,18). The highest BCUT2D eigenvalue weighted by molar-refractivity contribution is 5.85. The zero-order chi connectivity index (χ0) is 14.0. The predicted octanol–water partition coefficient (Wildman–Crippen LogP) is 2.94. The predicted molar refractivity (Wildman–Crippen MR) is 78.4 cm³/mol. The minimum Gasteiger partial charge on any atom is -0.408 e. The molecule has 0 spiro atoms. The van der Waals surface area contributed by atoms with Gasteiger partial charge < -0.3 is 15.5 Å². The molecule has 0 aliphatic heterocycles. The van der Waals surface area contributed by atoms with E-state index in [0.29, 0.717) is 28.7 Å². The van der Waals surface area contributed by atoms with Crippen molar-refractivity contribution in [2.45, 2.75) is 39.7 Å². The summed E-state index contributed by atoms with van der Waals surface area (Å²) in [5.41, 5.74) is 8.54. The van der Waals surface area contributed by atoms with Crippen LogP contribution in [0.2, 0.25) is 0 Å². The Hall–Kier alpha value is -1.91. The van der Waals surface area contributed by atoms with Crippen LogP contribution in [0.5, 0.6) is 0 Å². The molecule has 1 aromatic carbocycles. The molecule has 0 saturated heterocycles. The van der Waals surface area contributed by atoms with Gasteiger partial charge in [0.2, 0.25) is 0 Å². The van der Waals surface area contributed by atoms with E-state index in [1.807, 2.05) is 6.07 Å². The Morgan fingerprint density at radius 1 is 1.32 bits per heavy atom. The molecule has 0 aliphatic carbocycles. The maximum atomic E-state index is 11.1. The number of hydrogen-bond acceptors (Lipinski definition) is 4. The minimum absolute atomic E-state index is 0.334. The summed E-state index contributed by atoms with van der Waals surface area (Å²) >= 11 is 0. The second kappa shape index (κ2) is 5.38. The van der Waals surface area contributed by atoms with E-state index >= 15 is 0 Å². The molecule has 2 rings (SSSR count). The maximum absolute atomic E-state index is 11.1. The number of fused-ring (bicyclic) bond motifs is 1. The highest BCUT2D eigenvalue weighted by Gasteiger charge is 2.09. The van der Waals surface area contributed by atoms with Crippen LogP contribution >= 0.6 is 0 Å². The Labute approximate surface area is 112 Å². The molecule has 0 radical (unpaired) electrons. The van der Waals surface area contributed by atoms with Crippen molar-refractivity contribution < 1.29 is 4.42 Å². The van der Waals surface area contributed by atoms with Crippen molar-refractivity contribution >= 4 is 22.5 Å². The molecule has 1 unspecified atom stereocenters. The van der Waals surface area contributed by atoms with E-state index in [9.17, 15) is 4.79 Å². The fraction of sp³-hybridized carbons (Fsp3) is 0.500. The highest BCUT2D eigenvalue weighted by atomic mass is 16.4. The number of nitrogens with one attached hydrogen (secondary N) is 2. The molecule has 1 atom stereocenters. The van der Waals surface area contributed by atoms with Crippen molar-refractivity contribution in [2.75, 3.05) is 11.1 Å². The molecule has 5 heteroatoms. The molecule has 0 amide bonds. The third kappa shape index (κ3) is 3.30. The summed E-state index contributed by atoms with van der Waals surface area (Å²) in [6.45, 7) is 6.55. The zero-order valence-corrected chi connectivity index (χ0v) is 11.6. The van der Waals surface area contributed by atoms with Crippen molar-refractivity contribution in [1.82, 2.24) is 4.98 Å². The Bertz CT molecular complexity index is 613. The van der Waals surface area contributed by atoms with E-state index in [2.05, 4.69) is 31.1 Å². The second-order valence-corrected chi connectivity index (χ2v) is 5.47. The van der Waals surface area contributed by atoms with Gasteiger partial charge in [0.1, 0.15) is 0 Å². The first-order valence-electron chi connectivity index (χ1n) is 6.64. The Morgan fingerprint density at radius 2 is 2.05 bits per heavy atom. The number of H-pyrrole nitrogens is 1. The lowest BCUT2D eigenvalue weighted by Gasteiger charge is -2.17. The number of nitrogens with two attached hydrogens (primary N) is 1. The SMILES string of the molecule is CC(C)CCC(C)Nc1cc2[nH]c(=O)oc2cc1N. The quantitative estimate of drug-likeness (QED) is 0.724. The van der Waals surface area contributed by atoms with Crippen LogP contribution in [0.25, 0.3) is 11.1 Å². The third-order valence-corrected chi connectivity index (χ3v) is 3.17. The highest BCUT2D eigenvalue weighted by Crippen LogP contribution is 2.25. The molecule has 0 saturated carbocycles. The smallest absolute Gasteiger partial charge is 0.408 e. The van der Waals surface area contributed by atoms with Gasteiger partial charge in [0.15, 0.2) is 5.58 Å². The van der Waals surface area contributed by atoms with Crippen molar-refractivity contribution in [3.63, 3.8) is 0 Å². The summed E-state index contributed by atoms with van der Waals surface area (Å²) in [4.78, 5) is 13.8. The fourth-order valence-corrected chi connectivity index (χ4v) is 2.06. The number of nitrogen functional groups attached to an aromatic ring is 1. The number of anilines is 2. The molecule has 5 nitrogen and oxygen atoms in total. The van der Waals surface area contributed by atoms with E-state index in [-0.39, 0.29) is 0 Å². The monoisotopic (exact) mass is 263 g/mol. The molecule has 4 N–H and O–H groups in total. The summed E-state index contributed by atoms with van der Waals surface area (Å²) in [7, 11) is 0. The first-order valence-corrected chi connectivity index (χ1v) is 6.64. The van der Waals surface area contributed by atoms with Crippen molar-refractivity contribution in [1.29, 1.82) is 0 Å². The van der Waals surface area contributed by atoms with Gasteiger partial charge in [0.25, 0.3) is 0 Å². The summed E-state index contributed by atoms with van der Waals surface area (Å²) < 4.78 is 4.97. The van der Waals surface area contributed by atoms with E-state index in [1.165, 1.54) is 6.42 Å². The molecule has 1 heterocycles. The molecule has 0 bridgehead atoms. The van der Waals surface area contributed by atoms with Crippen molar-refractivity contribution in [3.05, 3.63) is 22.7 Å². The maximum Gasteiger partial charge on any atom is 0.417 e. The van der Waals surface area contributed by atoms with Gasteiger partial charge in [-0.2, -0.15) is 0 Å². The van der Waals surface area contributed by atoms with Gasteiger partial charge in [0.05, 0.1) is 16.9 Å². The van der Waals surface area contributed by atoms with Crippen LogP contribution in [-0.4, -0.2) is 11.0 Å². The van der Waals surface area contributed by atoms with Crippen LogP contribution in [0.1, 0.15) is 33.6 Å². The average Bonchev–Trinajstić information content (AvgIpc) is 2.66. The zero-order valence-electron chi connectivity index (χ0n) is 11.6.